The minimum absolute atomic E-state index is 0.0857. The summed E-state index contributed by atoms with van der Waals surface area (Å²) < 4.78 is 29.4. The van der Waals surface area contributed by atoms with E-state index in [1.807, 2.05) is 11.0 Å². The molecule has 44 heavy (non-hydrogen) atoms. The topological polar surface area (TPSA) is 117 Å². The van der Waals surface area contributed by atoms with Crippen molar-refractivity contribution < 1.29 is 23.8 Å². The first kappa shape index (κ1) is 28.6. The van der Waals surface area contributed by atoms with Crippen molar-refractivity contribution in [1.29, 1.82) is 5.26 Å². The van der Waals surface area contributed by atoms with Gasteiger partial charge in [0.1, 0.15) is 33.6 Å². The molecule has 2 fully saturated rings. The number of likely N-dealkylation sites (tertiary alicyclic amines) is 1. The van der Waals surface area contributed by atoms with Crippen LogP contribution in [0, 0.1) is 28.4 Å². The molecule has 1 amide bonds. The molecule has 0 bridgehead atoms. The van der Waals surface area contributed by atoms with Gasteiger partial charge in [0.05, 0.1) is 17.5 Å². The third kappa shape index (κ3) is 4.49. The van der Waals surface area contributed by atoms with Crippen molar-refractivity contribution in [3.8, 4) is 17.3 Å². The summed E-state index contributed by atoms with van der Waals surface area (Å²) in [6.07, 6.45) is 0.194. The van der Waals surface area contributed by atoms with Crippen LogP contribution in [0.2, 0.25) is 0 Å². The molecule has 2 aromatic carbocycles. The number of anilines is 3. The maximum Gasteiger partial charge on any atom is 0.253 e. The van der Waals surface area contributed by atoms with Crippen LogP contribution >= 0.6 is 11.3 Å². The first-order valence-electron chi connectivity index (χ1n) is 14.4. The highest BCUT2D eigenvalue weighted by atomic mass is 32.1. The number of amides is 1. The Morgan fingerprint density at radius 2 is 1.86 bits per heavy atom. The number of rotatable bonds is 5. The van der Waals surface area contributed by atoms with E-state index in [1.165, 1.54) is 43.4 Å². The maximum atomic E-state index is 15.8. The summed E-state index contributed by atoms with van der Waals surface area (Å²) in [5.41, 5.74) is 2.29. The van der Waals surface area contributed by atoms with Crippen LogP contribution in [0.4, 0.5) is 25.3 Å². The molecule has 2 aliphatic heterocycles. The van der Waals surface area contributed by atoms with E-state index in [2.05, 4.69) is 16.0 Å². The number of aromatic nitrogens is 2. The van der Waals surface area contributed by atoms with E-state index >= 15 is 4.39 Å². The Labute approximate surface area is 256 Å². The second-order valence-electron chi connectivity index (χ2n) is 12.6. The van der Waals surface area contributed by atoms with Gasteiger partial charge in [-0.05, 0) is 63.1 Å². The number of hydrogen-bond donors (Lipinski definition) is 2. The Morgan fingerprint density at radius 1 is 1.16 bits per heavy atom. The van der Waals surface area contributed by atoms with Crippen molar-refractivity contribution in [1.82, 2.24) is 14.9 Å². The number of halogens is 2. The van der Waals surface area contributed by atoms with Crippen molar-refractivity contribution in [3.05, 3.63) is 64.2 Å². The van der Waals surface area contributed by atoms with E-state index in [0.717, 1.165) is 5.56 Å². The lowest BCUT2D eigenvalue weighted by atomic mass is 9.72. The Hall–Kier alpha value is -4.18. The van der Waals surface area contributed by atoms with Gasteiger partial charge >= 0.3 is 0 Å². The van der Waals surface area contributed by atoms with E-state index in [1.54, 1.807) is 24.1 Å². The monoisotopic (exact) mass is 616 g/mol. The number of benzene rings is 2. The Balaban J connectivity index is 1.25. The summed E-state index contributed by atoms with van der Waals surface area (Å²) in [5, 5.41) is 31.7. The summed E-state index contributed by atoms with van der Waals surface area (Å²) in [6, 6.07) is 11.4. The van der Waals surface area contributed by atoms with Crippen molar-refractivity contribution in [3.63, 3.8) is 0 Å². The van der Waals surface area contributed by atoms with E-state index in [9.17, 15) is 24.7 Å². The highest BCUT2D eigenvalue weighted by molar-refractivity contribution is 7.16. The lowest BCUT2D eigenvalue weighted by Crippen LogP contribution is -2.74. The summed E-state index contributed by atoms with van der Waals surface area (Å²) in [7, 11) is 1.81. The van der Waals surface area contributed by atoms with E-state index in [0.29, 0.717) is 82.7 Å². The van der Waals surface area contributed by atoms with Crippen LogP contribution in [0.3, 0.4) is 0 Å². The molecule has 0 radical (unpaired) electrons. The smallest absolute Gasteiger partial charge is 0.253 e. The molecule has 2 saturated heterocycles. The number of fused-ring (bicyclic) bond motifs is 2. The van der Waals surface area contributed by atoms with Gasteiger partial charge in [0, 0.05) is 60.8 Å². The number of carbonyl (C=O) groups excluding carboxylic acids is 1. The molecule has 7 rings (SSSR count). The zero-order valence-electron chi connectivity index (χ0n) is 24.4. The van der Waals surface area contributed by atoms with Gasteiger partial charge in [0.2, 0.25) is 0 Å². The van der Waals surface area contributed by atoms with Gasteiger partial charge in [-0.1, -0.05) is 11.3 Å². The number of pyridine rings is 1. The minimum atomic E-state index is -1.42. The van der Waals surface area contributed by atoms with Crippen LogP contribution in [0.1, 0.15) is 42.5 Å². The summed E-state index contributed by atoms with van der Waals surface area (Å²) in [5.74, 6) is -1.19. The number of aliphatic hydroxyl groups is 2. The van der Waals surface area contributed by atoms with Crippen LogP contribution in [-0.2, 0) is 11.2 Å². The number of thiazole rings is 1. The van der Waals surface area contributed by atoms with Crippen LogP contribution in [-0.4, -0.2) is 69.8 Å². The molecular weight excluding hydrogens is 586 g/mol. The van der Waals surface area contributed by atoms with Crippen LogP contribution in [0.25, 0.3) is 22.2 Å². The zero-order chi connectivity index (χ0) is 31.1. The lowest BCUT2D eigenvalue weighted by molar-refractivity contribution is -0.162. The Bertz CT molecular complexity index is 1870. The second-order valence-corrected chi connectivity index (χ2v) is 13.6. The zero-order valence-corrected chi connectivity index (χ0v) is 25.3. The average Bonchev–Trinajstić information content (AvgIpc) is 3.54. The highest BCUT2D eigenvalue weighted by Crippen LogP contribution is 2.47. The predicted octanol–water partition coefficient (Wildman–Crippen LogP) is 4.68. The molecule has 1 aliphatic carbocycles. The normalized spacial score (nSPS) is 18.6. The lowest BCUT2D eigenvalue weighted by Gasteiger charge is -2.61. The van der Waals surface area contributed by atoms with E-state index in [-0.39, 0.29) is 22.7 Å². The molecule has 4 aromatic rings. The van der Waals surface area contributed by atoms with Gasteiger partial charge in [-0.15, -0.1) is 0 Å². The molecule has 9 nitrogen and oxygen atoms in total. The molecule has 12 heteroatoms. The fourth-order valence-electron chi connectivity index (χ4n) is 6.72. The largest absolute Gasteiger partial charge is 0.387 e. The first-order chi connectivity index (χ1) is 20.9. The van der Waals surface area contributed by atoms with Crippen LogP contribution in [0.5, 0.6) is 0 Å². The molecular formula is C32H30F2N6O3S. The molecule has 4 heterocycles. The molecule has 2 aromatic heterocycles. The first-order valence-corrected chi connectivity index (χ1v) is 15.2. The minimum Gasteiger partial charge on any atom is -0.387 e. The second kappa shape index (κ2) is 9.92. The average molecular weight is 617 g/mol. The van der Waals surface area contributed by atoms with Gasteiger partial charge < -0.3 is 24.9 Å². The van der Waals surface area contributed by atoms with Gasteiger partial charge in [-0.2, -0.15) is 5.26 Å². The van der Waals surface area contributed by atoms with Crippen molar-refractivity contribution in [2.45, 2.75) is 38.4 Å². The number of hydrogen-bond acceptors (Lipinski definition) is 9. The molecule has 226 valence electrons. The fraction of sp³-hybridized carbons (Fsp3) is 0.375. The molecule has 0 saturated carbocycles. The van der Waals surface area contributed by atoms with E-state index in [4.69, 9.17) is 4.98 Å². The molecule has 0 unspecified atom stereocenters. The van der Waals surface area contributed by atoms with Crippen molar-refractivity contribution >= 4 is 44.7 Å². The molecule has 1 atom stereocenters. The number of nitriles is 1. The van der Waals surface area contributed by atoms with Crippen LogP contribution < -0.4 is 9.80 Å². The number of nitrogens with zero attached hydrogens (tertiary/aromatic N) is 6. The van der Waals surface area contributed by atoms with Crippen molar-refractivity contribution in [2.75, 3.05) is 43.0 Å². The Morgan fingerprint density at radius 3 is 2.52 bits per heavy atom. The third-order valence-corrected chi connectivity index (χ3v) is 9.89. The maximum absolute atomic E-state index is 15.8. The number of aliphatic hydroxyl groups excluding tert-OH is 1. The standard InChI is InChI=1S/C32H30F2N6O3S/c1-31(2,43)29(42)40-15-32(16-40)13-39(14-32)19-10-21-26(22(34)11-19)36-27-20(8-9-23(27)41)28(21)38(3)30-37-25(24(12-35)44-30)17-4-6-18(33)7-5-17/h4-7,10-11,23,41,43H,8-9,13-16H2,1-3H3/t23-/m0/s1. The molecule has 1 spiro atoms. The van der Waals surface area contributed by atoms with Gasteiger partial charge in [0.25, 0.3) is 5.91 Å². The predicted molar refractivity (Wildman–Crippen MR) is 163 cm³/mol. The molecule has 2 N–H and O–H groups in total. The number of carbonyl (C=O) groups is 1. The third-order valence-electron chi connectivity index (χ3n) is 8.85. The van der Waals surface area contributed by atoms with Crippen LogP contribution in [0.15, 0.2) is 36.4 Å². The highest BCUT2D eigenvalue weighted by Gasteiger charge is 2.54. The fourth-order valence-corrected chi connectivity index (χ4v) is 7.58. The van der Waals surface area contributed by atoms with Crippen molar-refractivity contribution in [2.24, 2.45) is 5.41 Å². The summed E-state index contributed by atoms with van der Waals surface area (Å²) in [4.78, 5) is 27.7. The summed E-state index contributed by atoms with van der Waals surface area (Å²) in [6.45, 7) is 5.36. The summed E-state index contributed by atoms with van der Waals surface area (Å²) >= 11 is 1.18. The van der Waals surface area contributed by atoms with Gasteiger partial charge in [-0.3, -0.25) is 4.79 Å². The quantitative estimate of drug-likeness (QED) is 0.332. The molecule has 3 aliphatic rings. The van der Waals surface area contributed by atoms with Gasteiger partial charge in [-0.25, -0.2) is 18.7 Å². The van der Waals surface area contributed by atoms with E-state index < -0.39 is 17.5 Å². The SMILES string of the molecule is CN(c1nc(-c2ccc(F)cc2)c(C#N)s1)c1c2c(nc3c(F)cc(N4CC5(CN(C(=O)C(C)(C)O)C5)C4)cc13)[C@@H](O)CC2. The van der Waals surface area contributed by atoms with Gasteiger partial charge in [0.15, 0.2) is 10.9 Å². The Kier molecular flexibility index (Phi) is 6.44.